The van der Waals surface area contributed by atoms with Gasteiger partial charge in [0, 0.05) is 18.1 Å². The number of hydrogen-bond donors (Lipinski definition) is 2. The van der Waals surface area contributed by atoms with Gasteiger partial charge in [0.1, 0.15) is 0 Å². The van der Waals surface area contributed by atoms with E-state index in [0.717, 1.165) is 36.6 Å². The van der Waals surface area contributed by atoms with Crippen molar-refractivity contribution in [3.05, 3.63) is 0 Å². The van der Waals surface area contributed by atoms with Crippen LogP contribution in [0, 0.1) is 40.4 Å². The van der Waals surface area contributed by atoms with E-state index in [4.69, 9.17) is 0 Å². The zero-order chi connectivity index (χ0) is 18.7. The maximum atomic E-state index is 10.4. The minimum atomic E-state index is -0.272. The van der Waals surface area contributed by atoms with Gasteiger partial charge in [-0.1, -0.05) is 6.92 Å². The Bertz CT molecular complexity index is 520. The van der Waals surface area contributed by atoms with Crippen molar-refractivity contribution in [2.45, 2.75) is 83.8 Å². The van der Waals surface area contributed by atoms with Gasteiger partial charge in [-0.15, -0.1) is 0 Å². The van der Waals surface area contributed by atoms with Crippen molar-refractivity contribution < 1.29 is 10.2 Å². The number of aliphatic hydroxyl groups is 2. The van der Waals surface area contributed by atoms with E-state index in [0.29, 0.717) is 23.9 Å². The third-order valence-corrected chi connectivity index (χ3v) is 10.0. The third kappa shape index (κ3) is 2.63. The smallest absolute Gasteiger partial charge is 0.0546 e. The molecule has 4 aliphatic rings. The molecule has 3 heteroatoms. The zero-order valence-corrected chi connectivity index (χ0v) is 17.5. The monoisotopic (exact) mass is 363 g/mol. The van der Waals surface area contributed by atoms with Crippen LogP contribution in [0.15, 0.2) is 0 Å². The normalized spacial score (nSPS) is 52.3. The molecule has 4 rings (SSSR count). The van der Waals surface area contributed by atoms with Crippen LogP contribution in [0.2, 0.25) is 0 Å². The number of aliphatic hydroxyl groups excluding tert-OH is 2. The molecule has 0 heterocycles. The molecule has 0 unspecified atom stereocenters. The summed E-state index contributed by atoms with van der Waals surface area (Å²) in [5, 5.41) is 20.8. The van der Waals surface area contributed by atoms with E-state index >= 15 is 0 Å². The first-order chi connectivity index (χ1) is 12.3. The van der Waals surface area contributed by atoms with E-state index in [1.54, 1.807) is 0 Å². The highest BCUT2D eigenvalue weighted by atomic mass is 16.3. The molecule has 0 amide bonds. The molecular weight excluding hydrogens is 322 g/mol. The molecule has 9 atom stereocenters. The van der Waals surface area contributed by atoms with Crippen LogP contribution in [0.3, 0.4) is 0 Å². The van der Waals surface area contributed by atoms with Gasteiger partial charge in [0.15, 0.2) is 0 Å². The molecule has 4 saturated carbocycles. The zero-order valence-electron chi connectivity index (χ0n) is 17.5. The largest absolute Gasteiger partial charge is 0.396 e. The molecule has 0 aromatic carbocycles. The maximum Gasteiger partial charge on any atom is 0.0546 e. The fraction of sp³-hybridized carbons (Fsp3) is 1.00. The van der Waals surface area contributed by atoms with Crippen molar-refractivity contribution in [2.24, 2.45) is 40.4 Å². The second kappa shape index (κ2) is 6.74. The van der Waals surface area contributed by atoms with E-state index < -0.39 is 0 Å². The van der Waals surface area contributed by atoms with Crippen LogP contribution in [0.25, 0.3) is 0 Å². The van der Waals surface area contributed by atoms with Gasteiger partial charge in [-0.2, -0.15) is 0 Å². The molecule has 0 spiro atoms. The standard InChI is InChI=1S/C23H41NO2/c1-15(26)19-7-8-21-18-6-5-16-13-17(24(3)4)9-11-22(16,2)20(18)10-12-23(19,21)14-25/h15-21,25-26H,5-14H2,1-4H3/t15-,16-,17-,18+,19+,20-,21-,22-,23-/m0/s1. The summed E-state index contributed by atoms with van der Waals surface area (Å²) in [5.41, 5.74) is 0.527. The van der Waals surface area contributed by atoms with E-state index in [9.17, 15) is 10.2 Å². The van der Waals surface area contributed by atoms with E-state index in [2.05, 4.69) is 25.9 Å². The lowest BCUT2D eigenvalue weighted by molar-refractivity contribution is -0.142. The summed E-state index contributed by atoms with van der Waals surface area (Å²) in [6.07, 6.45) is 11.4. The highest BCUT2D eigenvalue weighted by Gasteiger charge is 2.62. The molecule has 2 N–H and O–H groups in total. The van der Waals surface area contributed by atoms with Gasteiger partial charge in [-0.3, -0.25) is 0 Å². The van der Waals surface area contributed by atoms with Gasteiger partial charge in [0.25, 0.3) is 0 Å². The minimum absolute atomic E-state index is 0.0133. The predicted molar refractivity (Wildman–Crippen MR) is 106 cm³/mol. The van der Waals surface area contributed by atoms with Crippen LogP contribution in [-0.2, 0) is 0 Å². The van der Waals surface area contributed by atoms with Crippen molar-refractivity contribution in [1.82, 2.24) is 4.90 Å². The predicted octanol–water partition coefficient (Wildman–Crippen LogP) is 3.93. The lowest BCUT2D eigenvalue weighted by atomic mass is 9.44. The van der Waals surface area contributed by atoms with Crippen molar-refractivity contribution in [1.29, 1.82) is 0 Å². The van der Waals surface area contributed by atoms with Gasteiger partial charge >= 0.3 is 0 Å². The first-order valence-electron chi connectivity index (χ1n) is 11.3. The quantitative estimate of drug-likeness (QED) is 0.798. The molecule has 4 aliphatic carbocycles. The SMILES string of the molecule is C[C@H](O)[C@H]1CC[C@H]2[C@@H]3CC[C@H]4C[C@@H](N(C)C)CC[C@]4(C)[C@H]3CC[C@]12CO. The molecule has 0 saturated heterocycles. The summed E-state index contributed by atoms with van der Waals surface area (Å²) in [6, 6.07) is 0.774. The Labute approximate surface area is 160 Å². The van der Waals surface area contributed by atoms with E-state index in [1.165, 1.54) is 44.9 Å². The number of hydrogen-bond acceptors (Lipinski definition) is 3. The van der Waals surface area contributed by atoms with Crippen molar-refractivity contribution >= 4 is 0 Å². The van der Waals surface area contributed by atoms with Crippen LogP contribution in [0.5, 0.6) is 0 Å². The summed E-state index contributed by atoms with van der Waals surface area (Å²) in [6.45, 7) is 4.87. The number of fused-ring (bicyclic) bond motifs is 5. The van der Waals surface area contributed by atoms with E-state index in [1.807, 2.05) is 6.92 Å². The fourth-order valence-corrected chi connectivity index (χ4v) is 8.59. The van der Waals surface area contributed by atoms with E-state index in [-0.39, 0.29) is 11.5 Å². The Morgan fingerprint density at radius 3 is 2.42 bits per heavy atom. The van der Waals surface area contributed by atoms with Crippen molar-refractivity contribution in [3.63, 3.8) is 0 Å². The molecule has 0 radical (unpaired) electrons. The summed E-state index contributed by atoms with van der Waals surface area (Å²) < 4.78 is 0. The first kappa shape index (κ1) is 19.2. The summed E-state index contributed by atoms with van der Waals surface area (Å²) in [4.78, 5) is 2.45. The molecular formula is C23H41NO2. The summed E-state index contributed by atoms with van der Waals surface area (Å²) in [5.74, 6) is 3.49. The van der Waals surface area contributed by atoms with Crippen LogP contribution < -0.4 is 0 Å². The van der Waals surface area contributed by atoms with Gasteiger partial charge in [-0.25, -0.2) is 0 Å². The highest BCUT2D eigenvalue weighted by Crippen LogP contribution is 2.67. The average Bonchev–Trinajstić information content (AvgIpc) is 3.01. The Balaban J connectivity index is 1.58. The molecule has 0 bridgehead atoms. The Hall–Kier alpha value is -0.120. The summed E-state index contributed by atoms with van der Waals surface area (Å²) in [7, 11) is 4.51. The van der Waals surface area contributed by atoms with Gasteiger partial charge < -0.3 is 15.1 Å². The second-order valence-electron chi connectivity index (χ2n) is 10.9. The van der Waals surface area contributed by atoms with Gasteiger partial charge in [-0.05, 0) is 114 Å². The minimum Gasteiger partial charge on any atom is -0.396 e. The molecule has 0 aromatic heterocycles. The maximum absolute atomic E-state index is 10.4. The number of rotatable bonds is 3. The Morgan fingerprint density at radius 2 is 1.77 bits per heavy atom. The second-order valence-corrected chi connectivity index (χ2v) is 10.9. The third-order valence-electron chi connectivity index (χ3n) is 10.0. The average molecular weight is 364 g/mol. The van der Waals surface area contributed by atoms with Crippen molar-refractivity contribution in [2.75, 3.05) is 20.7 Å². The van der Waals surface area contributed by atoms with Crippen LogP contribution in [0.4, 0.5) is 0 Å². The Morgan fingerprint density at radius 1 is 1.00 bits per heavy atom. The van der Waals surface area contributed by atoms with Gasteiger partial charge in [0.2, 0.25) is 0 Å². The first-order valence-corrected chi connectivity index (χ1v) is 11.3. The van der Waals surface area contributed by atoms with Crippen LogP contribution in [-0.4, -0.2) is 48.0 Å². The lowest BCUT2D eigenvalue weighted by Gasteiger charge is -2.62. The van der Waals surface area contributed by atoms with Crippen molar-refractivity contribution in [3.8, 4) is 0 Å². The van der Waals surface area contributed by atoms with Crippen LogP contribution in [0.1, 0.15) is 71.6 Å². The lowest BCUT2D eigenvalue weighted by Crippen LogP contribution is -2.56. The number of nitrogens with zero attached hydrogens (tertiary/aromatic N) is 1. The molecule has 26 heavy (non-hydrogen) atoms. The molecule has 4 fully saturated rings. The molecule has 150 valence electrons. The molecule has 0 aromatic rings. The molecule has 3 nitrogen and oxygen atoms in total. The van der Waals surface area contributed by atoms with Gasteiger partial charge in [0.05, 0.1) is 6.10 Å². The Kier molecular flexibility index (Phi) is 4.98. The molecule has 0 aliphatic heterocycles. The summed E-state index contributed by atoms with van der Waals surface area (Å²) >= 11 is 0. The topological polar surface area (TPSA) is 43.7 Å². The fourth-order valence-electron chi connectivity index (χ4n) is 8.59. The van der Waals surface area contributed by atoms with Crippen LogP contribution >= 0.6 is 0 Å². The highest BCUT2D eigenvalue weighted by molar-refractivity contribution is 5.11.